The molecule has 0 aromatic heterocycles. The maximum absolute atomic E-state index is 13.4. The molecule has 3 aliphatic rings. The van der Waals surface area contributed by atoms with Crippen molar-refractivity contribution in [1.29, 1.82) is 0 Å². The number of aliphatic imine (C=N–C) groups is 2. The van der Waals surface area contributed by atoms with Gasteiger partial charge in [0, 0.05) is 37.0 Å². The molecule has 0 aromatic carbocycles. The molecule has 2 aliphatic heterocycles. The number of hydrogen-bond donors (Lipinski definition) is 1. The molecular weight excluding hydrogens is 390 g/mol. The van der Waals surface area contributed by atoms with Crippen LogP contribution in [0.4, 0.5) is 26.3 Å². The molecule has 0 aromatic rings. The van der Waals surface area contributed by atoms with E-state index in [-0.39, 0.29) is 24.8 Å². The van der Waals surface area contributed by atoms with E-state index < -0.39 is 46.7 Å². The molecule has 28 heavy (non-hydrogen) atoms. The Kier molecular flexibility index (Phi) is 4.93. The number of nitrogens with zero attached hydrogens (tertiary/aromatic N) is 3. The van der Waals surface area contributed by atoms with Crippen LogP contribution in [0.2, 0.25) is 0 Å². The molecule has 1 amide bonds. The standard InChI is InChI=1S/C17H18F6N4O/c1-15(2,8-27-4-3-24-7-12(27)28)14-25-11-6-9(16(18,19)20)5-10(13(11)26-14)17(21,22)23/h6,24H,3-5,7-8H2,1-2H3. The van der Waals surface area contributed by atoms with E-state index in [1.807, 2.05) is 0 Å². The highest BCUT2D eigenvalue weighted by molar-refractivity contribution is 6.20. The Labute approximate surface area is 156 Å². The van der Waals surface area contributed by atoms with Crippen molar-refractivity contribution in [3.05, 3.63) is 22.9 Å². The second-order valence-electron chi connectivity index (χ2n) is 7.48. The van der Waals surface area contributed by atoms with Crippen molar-refractivity contribution in [2.75, 3.05) is 26.2 Å². The lowest BCUT2D eigenvalue weighted by molar-refractivity contribution is -0.132. The summed E-state index contributed by atoms with van der Waals surface area (Å²) >= 11 is 0. The van der Waals surface area contributed by atoms with Crippen LogP contribution in [0, 0.1) is 5.41 Å². The molecule has 2 heterocycles. The van der Waals surface area contributed by atoms with Crippen LogP contribution in [0.25, 0.3) is 0 Å². The first-order valence-corrected chi connectivity index (χ1v) is 8.54. The molecule has 0 bridgehead atoms. The number of alkyl halides is 6. The van der Waals surface area contributed by atoms with Crippen molar-refractivity contribution in [2.24, 2.45) is 15.4 Å². The summed E-state index contributed by atoms with van der Waals surface area (Å²) in [6.07, 6.45) is -10.5. The molecule has 1 N–H and O–H groups in total. The van der Waals surface area contributed by atoms with E-state index in [1.54, 1.807) is 13.8 Å². The SMILES string of the molecule is CC(C)(CN1CCNCC1=O)C1=NC2=C(C(F)(F)F)CC(C(F)(F)F)=CC2=N1. The third-order valence-corrected chi connectivity index (χ3v) is 4.74. The summed E-state index contributed by atoms with van der Waals surface area (Å²) in [7, 11) is 0. The highest BCUT2D eigenvalue weighted by Gasteiger charge is 2.47. The number of fused-ring (bicyclic) bond motifs is 1. The van der Waals surface area contributed by atoms with Crippen molar-refractivity contribution in [3.63, 3.8) is 0 Å². The van der Waals surface area contributed by atoms with Gasteiger partial charge in [0.2, 0.25) is 5.91 Å². The van der Waals surface area contributed by atoms with Crippen LogP contribution in [-0.2, 0) is 4.79 Å². The Bertz CT molecular complexity index is 816. The van der Waals surface area contributed by atoms with Gasteiger partial charge in [-0.3, -0.25) is 4.79 Å². The summed E-state index contributed by atoms with van der Waals surface area (Å²) in [5.41, 5.74) is -4.62. The van der Waals surface area contributed by atoms with Crippen molar-refractivity contribution in [2.45, 2.75) is 32.6 Å². The molecular formula is C17H18F6N4O. The smallest absolute Gasteiger partial charge is 0.339 e. The van der Waals surface area contributed by atoms with Crippen LogP contribution in [0.15, 0.2) is 32.9 Å². The number of carbonyl (C=O) groups excluding carboxylic acids is 1. The Hall–Kier alpha value is -2.17. The van der Waals surface area contributed by atoms with Crippen LogP contribution in [0.5, 0.6) is 0 Å². The lowest BCUT2D eigenvalue weighted by Crippen LogP contribution is -2.51. The zero-order valence-corrected chi connectivity index (χ0v) is 15.1. The number of rotatable bonds is 3. The number of halogens is 6. The van der Waals surface area contributed by atoms with Crippen LogP contribution in [0.1, 0.15) is 20.3 Å². The molecule has 11 heteroatoms. The van der Waals surface area contributed by atoms with Crippen molar-refractivity contribution < 1.29 is 31.1 Å². The fraction of sp³-hybridized carbons (Fsp3) is 0.588. The van der Waals surface area contributed by atoms with E-state index in [0.717, 1.165) is 0 Å². The summed E-state index contributed by atoms with van der Waals surface area (Å²) in [6.45, 7) is 4.58. The van der Waals surface area contributed by atoms with Gasteiger partial charge in [0.15, 0.2) is 0 Å². The quantitative estimate of drug-likeness (QED) is 0.730. The maximum atomic E-state index is 13.4. The Morgan fingerprint density at radius 3 is 2.36 bits per heavy atom. The van der Waals surface area contributed by atoms with Gasteiger partial charge in [-0.1, -0.05) is 13.8 Å². The van der Waals surface area contributed by atoms with E-state index in [4.69, 9.17) is 0 Å². The predicted octanol–water partition coefficient (Wildman–Crippen LogP) is 3.01. The zero-order chi connectivity index (χ0) is 20.9. The van der Waals surface area contributed by atoms with Crippen molar-refractivity contribution in [1.82, 2.24) is 10.2 Å². The fourth-order valence-corrected chi connectivity index (χ4v) is 3.25. The molecule has 0 radical (unpaired) electrons. The van der Waals surface area contributed by atoms with Crippen LogP contribution < -0.4 is 5.32 Å². The van der Waals surface area contributed by atoms with Crippen molar-refractivity contribution >= 4 is 17.5 Å². The third kappa shape index (κ3) is 3.98. The minimum absolute atomic E-state index is 0.0229. The summed E-state index contributed by atoms with van der Waals surface area (Å²) < 4.78 is 79.2. The van der Waals surface area contributed by atoms with E-state index >= 15 is 0 Å². The summed E-state index contributed by atoms with van der Waals surface area (Å²) in [4.78, 5) is 21.4. The molecule has 1 saturated heterocycles. The van der Waals surface area contributed by atoms with E-state index in [9.17, 15) is 31.1 Å². The molecule has 0 spiro atoms. The van der Waals surface area contributed by atoms with Gasteiger partial charge in [0.05, 0.1) is 23.5 Å². The summed E-state index contributed by atoms with van der Waals surface area (Å²) in [6, 6.07) is 0. The van der Waals surface area contributed by atoms with Gasteiger partial charge in [0.1, 0.15) is 5.84 Å². The zero-order valence-electron chi connectivity index (χ0n) is 15.1. The molecule has 0 atom stereocenters. The Balaban J connectivity index is 1.97. The monoisotopic (exact) mass is 408 g/mol. The van der Waals surface area contributed by atoms with Crippen molar-refractivity contribution in [3.8, 4) is 0 Å². The minimum Gasteiger partial charge on any atom is -0.339 e. The average molecular weight is 408 g/mol. The first kappa shape index (κ1) is 20.6. The van der Waals surface area contributed by atoms with Crippen LogP contribution in [-0.4, -0.2) is 60.9 Å². The first-order valence-electron chi connectivity index (χ1n) is 8.54. The normalized spacial score (nSPS) is 21.5. The second-order valence-corrected chi connectivity index (χ2v) is 7.48. The Morgan fingerprint density at radius 2 is 1.79 bits per heavy atom. The number of piperazine rings is 1. The summed E-state index contributed by atoms with van der Waals surface area (Å²) in [5, 5.41) is 2.91. The molecule has 1 aliphatic carbocycles. The highest BCUT2D eigenvalue weighted by Crippen LogP contribution is 2.43. The first-order chi connectivity index (χ1) is 12.8. The highest BCUT2D eigenvalue weighted by atomic mass is 19.4. The van der Waals surface area contributed by atoms with Gasteiger partial charge in [-0.25, -0.2) is 9.98 Å². The predicted molar refractivity (Wildman–Crippen MR) is 89.9 cm³/mol. The molecule has 5 nitrogen and oxygen atoms in total. The second kappa shape index (κ2) is 6.71. The lowest BCUT2D eigenvalue weighted by atomic mass is 9.91. The van der Waals surface area contributed by atoms with E-state index in [0.29, 0.717) is 19.2 Å². The molecule has 3 rings (SSSR count). The summed E-state index contributed by atoms with van der Waals surface area (Å²) in [5.74, 6) is -0.192. The number of amides is 1. The van der Waals surface area contributed by atoms with Gasteiger partial charge < -0.3 is 10.2 Å². The number of hydrogen-bond acceptors (Lipinski definition) is 4. The largest absolute Gasteiger partial charge is 0.415 e. The number of carbonyl (C=O) groups is 1. The van der Waals surface area contributed by atoms with Gasteiger partial charge in [-0.2, -0.15) is 26.3 Å². The van der Waals surface area contributed by atoms with Crippen LogP contribution in [0.3, 0.4) is 0 Å². The number of nitrogens with one attached hydrogen (secondary N) is 1. The molecule has 154 valence electrons. The van der Waals surface area contributed by atoms with Gasteiger partial charge in [-0.15, -0.1) is 0 Å². The lowest BCUT2D eigenvalue weighted by Gasteiger charge is -2.34. The van der Waals surface area contributed by atoms with E-state index in [2.05, 4.69) is 15.3 Å². The molecule has 0 saturated carbocycles. The van der Waals surface area contributed by atoms with Gasteiger partial charge in [0.25, 0.3) is 0 Å². The topological polar surface area (TPSA) is 57.1 Å². The number of amidine groups is 1. The minimum atomic E-state index is -4.96. The Morgan fingerprint density at radius 1 is 1.11 bits per heavy atom. The molecule has 0 unspecified atom stereocenters. The maximum Gasteiger partial charge on any atom is 0.415 e. The van der Waals surface area contributed by atoms with E-state index in [1.165, 1.54) is 4.90 Å². The number of allylic oxidation sites excluding steroid dienone is 3. The fourth-order valence-electron chi connectivity index (χ4n) is 3.25. The van der Waals surface area contributed by atoms with Crippen LogP contribution >= 0.6 is 0 Å². The van der Waals surface area contributed by atoms with Gasteiger partial charge >= 0.3 is 12.4 Å². The average Bonchev–Trinajstić information content (AvgIpc) is 2.99. The molecule has 1 fully saturated rings. The third-order valence-electron chi connectivity index (χ3n) is 4.74. The van der Waals surface area contributed by atoms with Gasteiger partial charge in [-0.05, 0) is 6.08 Å².